The van der Waals surface area contributed by atoms with Gasteiger partial charge in [-0.15, -0.1) is 0 Å². The molecule has 0 radical (unpaired) electrons. The van der Waals surface area contributed by atoms with Crippen molar-refractivity contribution in [3.05, 3.63) is 42.0 Å². The molecular formula is C13H18O2. The van der Waals surface area contributed by atoms with Gasteiger partial charge in [0.2, 0.25) is 0 Å². The van der Waals surface area contributed by atoms with Gasteiger partial charge in [-0.3, -0.25) is 0 Å². The smallest absolute Gasteiger partial charge is 0.108 e. The Bertz CT molecular complexity index is 331. The van der Waals surface area contributed by atoms with Crippen LogP contribution in [0.5, 0.6) is 0 Å². The topological polar surface area (TPSA) is 40.5 Å². The number of hydrogen-bond acceptors (Lipinski definition) is 2. The summed E-state index contributed by atoms with van der Waals surface area (Å²) in [7, 11) is 0. The Kier molecular flexibility index (Phi) is 3.32. The highest BCUT2D eigenvalue weighted by atomic mass is 16.3. The number of rotatable bonds is 3. The number of benzene rings is 1. The summed E-state index contributed by atoms with van der Waals surface area (Å²) in [6.07, 6.45) is 3.42. The standard InChI is InChI=1S/C13H18O2/c1-12(2,14)13(3,15)10-9-11-7-5-4-6-8-11/h4-10,14-15H,1-3H3. The molecule has 2 heteroatoms. The summed E-state index contributed by atoms with van der Waals surface area (Å²) in [6.45, 7) is 4.76. The van der Waals surface area contributed by atoms with E-state index in [1.807, 2.05) is 30.3 Å². The van der Waals surface area contributed by atoms with Crippen LogP contribution in [0.15, 0.2) is 36.4 Å². The third-order valence-electron chi connectivity index (χ3n) is 2.64. The molecular weight excluding hydrogens is 188 g/mol. The van der Waals surface area contributed by atoms with Crippen LogP contribution in [0.4, 0.5) is 0 Å². The molecule has 1 aromatic rings. The van der Waals surface area contributed by atoms with E-state index < -0.39 is 11.2 Å². The Morgan fingerprint density at radius 2 is 1.53 bits per heavy atom. The molecule has 15 heavy (non-hydrogen) atoms. The lowest BCUT2D eigenvalue weighted by Gasteiger charge is -2.32. The van der Waals surface area contributed by atoms with Crippen molar-refractivity contribution in [3.8, 4) is 0 Å². The number of aliphatic hydroxyl groups is 2. The molecule has 0 aromatic heterocycles. The monoisotopic (exact) mass is 206 g/mol. The van der Waals surface area contributed by atoms with E-state index in [0.29, 0.717) is 0 Å². The molecule has 1 aromatic carbocycles. The van der Waals surface area contributed by atoms with Crippen molar-refractivity contribution in [1.29, 1.82) is 0 Å². The van der Waals surface area contributed by atoms with Crippen molar-refractivity contribution >= 4 is 6.08 Å². The number of hydrogen-bond donors (Lipinski definition) is 2. The molecule has 0 bridgehead atoms. The molecule has 2 nitrogen and oxygen atoms in total. The molecule has 0 aliphatic carbocycles. The minimum Gasteiger partial charge on any atom is -0.387 e. The van der Waals surface area contributed by atoms with Crippen molar-refractivity contribution < 1.29 is 10.2 Å². The second-order valence-electron chi connectivity index (χ2n) is 4.45. The van der Waals surface area contributed by atoms with Gasteiger partial charge in [0.15, 0.2) is 0 Å². The molecule has 1 rings (SSSR count). The molecule has 0 fully saturated rings. The maximum Gasteiger partial charge on any atom is 0.108 e. The van der Waals surface area contributed by atoms with Crippen LogP contribution in [-0.2, 0) is 0 Å². The van der Waals surface area contributed by atoms with Gasteiger partial charge in [0.1, 0.15) is 5.60 Å². The second-order valence-corrected chi connectivity index (χ2v) is 4.45. The Morgan fingerprint density at radius 1 is 1.00 bits per heavy atom. The Balaban J connectivity index is 2.83. The zero-order chi connectivity index (χ0) is 11.5. The van der Waals surface area contributed by atoms with Crippen LogP contribution in [0, 0.1) is 0 Å². The van der Waals surface area contributed by atoms with E-state index in [4.69, 9.17) is 0 Å². The Labute approximate surface area is 90.9 Å². The summed E-state index contributed by atoms with van der Waals surface area (Å²) in [5.74, 6) is 0. The third kappa shape index (κ3) is 3.18. The SMILES string of the molecule is CC(C)(O)C(C)(O)C=Cc1ccccc1. The molecule has 82 valence electrons. The highest BCUT2D eigenvalue weighted by Crippen LogP contribution is 2.23. The highest BCUT2D eigenvalue weighted by molar-refractivity contribution is 5.50. The van der Waals surface area contributed by atoms with Gasteiger partial charge >= 0.3 is 0 Å². The van der Waals surface area contributed by atoms with Gasteiger partial charge in [0.05, 0.1) is 5.60 Å². The third-order valence-corrected chi connectivity index (χ3v) is 2.64. The molecule has 0 amide bonds. The van der Waals surface area contributed by atoms with E-state index in [1.165, 1.54) is 0 Å². The second kappa shape index (κ2) is 4.17. The van der Waals surface area contributed by atoms with Crippen LogP contribution in [0.25, 0.3) is 6.08 Å². The quantitative estimate of drug-likeness (QED) is 0.796. The fourth-order valence-electron chi connectivity index (χ4n) is 1.03. The van der Waals surface area contributed by atoms with Gasteiger partial charge < -0.3 is 10.2 Å². The van der Waals surface area contributed by atoms with Crippen LogP contribution >= 0.6 is 0 Å². The largest absolute Gasteiger partial charge is 0.387 e. The first-order chi connectivity index (χ1) is 6.83. The average Bonchev–Trinajstić information content (AvgIpc) is 2.15. The van der Waals surface area contributed by atoms with Crippen molar-refractivity contribution in [1.82, 2.24) is 0 Å². The highest BCUT2D eigenvalue weighted by Gasteiger charge is 2.34. The van der Waals surface area contributed by atoms with Crippen LogP contribution < -0.4 is 0 Å². The molecule has 0 aliphatic rings. The van der Waals surface area contributed by atoms with Gasteiger partial charge in [-0.2, -0.15) is 0 Å². The zero-order valence-electron chi connectivity index (χ0n) is 9.44. The maximum absolute atomic E-state index is 9.98. The summed E-state index contributed by atoms with van der Waals surface area (Å²) in [6, 6.07) is 9.68. The average molecular weight is 206 g/mol. The minimum atomic E-state index is -1.23. The first-order valence-corrected chi connectivity index (χ1v) is 5.02. The van der Waals surface area contributed by atoms with Crippen LogP contribution in [-0.4, -0.2) is 21.4 Å². The summed E-state index contributed by atoms with van der Waals surface area (Å²) >= 11 is 0. The summed E-state index contributed by atoms with van der Waals surface area (Å²) in [5.41, 5.74) is -1.39. The van der Waals surface area contributed by atoms with E-state index in [0.717, 1.165) is 5.56 Å². The lowest BCUT2D eigenvalue weighted by molar-refractivity contribution is -0.0878. The predicted molar refractivity (Wildman–Crippen MR) is 62.4 cm³/mol. The summed E-state index contributed by atoms with van der Waals surface area (Å²) in [5, 5.41) is 19.7. The Morgan fingerprint density at radius 3 is 2.00 bits per heavy atom. The molecule has 0 spiro atoms. The van der Waals surface area contributed by atoms with E-state index >= 15 is 0 Å². The fraction of sp³-hybridized carbons (Fsp3) is 0.385. The first kappa shape index (κ1) is 12.0. The molecule has 2 N–H and O–H groups in total. The van der Waals surface area contributed by atoms with Crippen LogP contribution in [0.1, 0.15) is 26.3 Å². The van der Waals surface area contributed by atoms with Gasteiger partial charge in [-0.1, -0.05) is 36.4 Å². The van der Waals surface area contributed by atoms with Crippen molar-refractivity contribution in [2.75, 3.05) is 0 Å². The van der Waals surface area contributed by atoms with Gasteiger partial charge in [-0.25, -0.2) is 0 Å². The molecule has 1 unspecified atom stereocenters. The summed E-state index contributed by atoms with van der Waals surface area (Å²) in [4.78, 5) is 0. The normalized spacial score (nSPS) is 16.6. The molecule has 1 atom stereocenters. The van der Waals surface area contributed by atoms with Gasteiger partial charge in [-0.05, 0) is 32.4 Å². The van der Waals surface area contributed by atoms with Crippen LogP contribution in [0.2, 0.25) is 0 Å². The van der Waals surface area contributed by atoms with Gasteiger partial charge in [0, 0.05) is 0 Å². The minimum absolute atomic E-state index is 1.00. The van der Waals surface area contributed by atoms with E-state index in [2.05, 4.69) is 0 Å². The predicted octanol–water partition coefficient (Wildman–Crippen LogP) is 2.22. The van der Waals surface area contributed by atoms with Crippen molar-refractivity contribution in [2.45, 2.75) is 32.0 Å². The Hall–Kier alpha value is -1.12. The van der Waals surface area contributed by atoms with E-state index in [1.54, 1.807) is 32.9 Å². The van der Waals surface area contributed by atoms with Gasteiger partial charge in [0.25, 0.3) is 0 Å². The molecule has 0 aliphatic heterocycles. The molecule has 0 saturated heterocycles. The fourth-order valence-corrected chi connectivity index (χ4v) is 1.03. The first-order valence-electron chi connectivity index (χ1n) is 5.02. The van der Waals surface area contributed by atoms with E-state index in [-0.39, 0.29) is 0 Å². The molecule has 0 saturated carbocycles. The molecule has 0 heterocycles. The van der Waals surface area contributed by atoms with Crippen molar-refractivity contribution in [2.24, 2.45) is 0 Å². The van der Waals surface area contributed by atoms with Crippen LogP contribution in [0.3, 0.4) is 0 Å². The maximum atomic E-state index is 9.98. The van der Waals surface area contributed by atoms with E-state index in [9.17, 15) is 10.2 Å². The zero-order valence-corrected chi connectivity index (χ0v) is 9.44. The lowest BCUT2D eigenvalue weighted by Crippen LogP contribution is -2.45. The summed E-state index contributed by atoms with van der Waals surface area (Å²) < 4.78 is 0. The van der Waals surface area contributed by atoms with Crippen molar-refractivity contribution in [3.63, 3.8) is 0 Å². The lowest BCUT2D eigenvalue weighted by atomic mass is 9.87.